The van der Waals surface area contributed by atoms with E-state index in [1.54, 1.807) is 7.11 Å². The molecule has 1 saturated carbocycles. The summed E-state index contributed by atoms with van der Waals surface area (Å²) in [4.78, 5) is 7.66. The van der Waals surface area contributed by atoms with E-state index in [0.717, 1.165) is 67.5 Å². The highest BCUT2D eigenvalue weighted by molar-refractivity contribution is 5.96. The number of aromatic nitrogens is 1. The summed E-state index contributed by atoms with van der Waals surface area (Å²) in [6.07, 6.45) is 7.47. The lowest BCUT2D eigenvalue weighted by atomic mass is 9.86. The van der Waals surface area contributed by atoms with E-state index >= 15 is 0 Å². The highest BCUT2D eigenvalue weighted by Crippen LogP contribution is 2.42. The molecule has 2 aromatic rings. The molecule has 1 N–H and O–H groups in total. The van der Waals surface area contributed by atoms with Crippen LogP contribution in [0.15, 0.2) is 12.1 Å². The van der Waals surface area contributed by atoms with Crippen molar-refractivity contribution >= 4 is 16.6 Å². The number of benzene rings is 1. The summed E-state index contributed by atoms with van der Waals surface area (Å²) in [6.45, 7) is 9.04. The molecule has 178 valence electrons. The molecule has 2 saturated heterocycles. The van der Waals surface area contributed by atoms with Crippen molar-refractivity contribution in [2.24, 2.45) is 17.3 Å². The largest absolute Gasteiger partial charge is 0.493 e. The number of pyridine rings is 1. The first-order valence-corrected chi connectivity index (χ1v) is 12.8. The first-order chi connectivity index (χ1) is 16.1. The van der Waals surface area contributed by atoms with E-state index in [2.05, 4.69) is 29.3 Å². The van der Waals surface area contributed by atoms with Crippen molar-refractivity contribution in [3.8, 4) is 11.5 Å². The molecular weight excluding hydrogens is 414 g/mol. The van der Waals surface area contributed by atoms with Gasteiger partial charge in [-0.05, 0) is 75.1 Å². The van der Waals surface area contributed by atoms with Gasteiger partial charge in [0, 0.05) is 35.9 Å². The molecule has 4 aliphatic rings. The van der Waals surface area contributed by atoms with Gasteiger partial charge in [-0.1, -0.05) is 6.92 Å². The van der Waals surface area contributed by atoms with Crippen LogP contribution < -0.4 is 14.8 Å². The molecule has 6 rings (SSSR count). The van der Waals surface area contributed by atoms with Crippen LogP contribution in [0.25, 0.3) is 10.9 Å². The van der Waals surface area contributed by atoms with Crippen molar-refractivity contribution in [2.45, 2.75) is 45.4 Å². The Morgan fingerprint density at radius 2 is 1.97 bits per heavy atom. The molecule has 6 nitrogen and oxygen atoms in total. The number of hydrogen-bond acceptors (Lipinski definition) is 6. The molecule has 0 radical (unpaired) electrons. The minimum atomic E-state index is 0.0854. The lowest BCUT2D eigenvalue weighted by molar-refractivity contribution is -0.142. The predicted octanol–water partition coefficient (Wildman–Crippen LogP) is 4.29. The van der Waals surface area contributed by atoms with Gasteiger partial charge in [0.15, 0.2) is 11.5 Å². The van der Waals surface area contributed by atoms with Crippen LogP contribution >= 0.6 is 0 Å². The van der Waals surface area contributed by atoms with Gasteiger partial charge in [-0.25, -0.2) is 0 Å². The van der Waals surface area contributed by atoms with Crippen LogP contribution in [0.1, 0.15) is 43.9 Å². The molecule has 1 unspecified atom stereocenters. The van der Waals surface area contributed by atoms with E-state index in [0.29, 0.717) is 12.5 Å². The minimum absolute atomic E-state index is 0.0854. The Bertz CT molecular complexity index is 1030. The second-order valence-corrected chi connectivity index (χ2v) is 11.0. The van der Waals surface area contributed by atoms with Gasteiger partial charge in [0.05, 0.1) is 37.9 Å². The summed E-state index contributed by atoms with van der Waals surface area (Å²) in [6, 6.07) is 4.24. The number of ether oxygens (including phenoxy) is 3. The zero-order valence-electron chi connectivity index (χ0n) is 20.1. The number of fused-ring (bicyclic) bond motifs is 2. The molecular formula is C27H37N3O3. The van der Waals surface area contributed by atoms with E-state index in [-0.39, 0.29) is 5.41 Å². The molecule has 0 amide bonds. The number of nitrogens with zero attached hydrogens (tertiary/aromatic N) is 2. The van der Waals surface area contributed by atoms with Gasteiger partial charge in [-0.15, -0.1) is 0 Å². The Kier molecular flexibility index (Phi) is 5.61. The summed E-state index contributed by atoms with van der Waals surface area (Å²) in [7, 11) is 1.74. The normalized spacial score (nSPS) is 24.0. The molecule has 2 aliphatic carbocycles. The Hall–Kier alpha value is -2.05. The van der Waals surface area contributed by atoms with Crippen molar-refractivity contribution in [3.05, 3.63) is 23.4 Å². The molecule has 1 atom stereocenters. The maximum atomic E-state index is 6.45. The third-order valence-electron chi connectivity index (χ3n) is 7.92. The number of likely N-dealkylation sites (tertiary alicyclic amines) is 1. The lowest BCUT2D eigenvalue weighted by Gasteiger charge is -2.43. The van der Waals surface area contributed by atoms with Crippen molar-refractivity contribution in [2.75, 3.05) is 58.4 Å². The Morgan fingerprint density at radius 3 is 2.67 bits per heavy atom. The van der Waals surface area contributed by atoms with Crippen molar-refractivity contribution in [1.82, 2.24) is 9.88 Å². The first kappa shape index (κ1) is 21.5. The fraction of sp³-hybridized carbons (Fsp3) is 0.667. The lowest BCUT2D eigenvalue weighted by Crippen LogP contribution is -2.54. The monoisotopic (exact) mass is 451 g/mol. The summed E-state index contributed by atoms with van der Waals surface area (Å²) in [5, 5.41) is 4.96. The maximum Gasteiger partial charge on any atom is 0.163 e. The van der Waals surface area contributed by atoms with Gasteiger partial charge >= 0.3 is 0 Å². The van der Waals surface area contributed by atoms with E-state index in [9.17, 15) is 0 Å². The SMILES string of the molecule is COc1cc2c(NCC3CC3)c3c(nc2cc1OCC1(CN2CCCC2)COC1)CC(C)C3. The molecule has 1 aromatic heterocycles. The highest BCUT2D eigenvalue weighted by atomic mass is 16.5. The van der Waals surface area contributed by atoms with Crippen molar-refractivity contribution in [3.63, 3.8) is 0 Å². The molecule has 0 spiro atoms. The summed E-state index contributed by atoms with van der Waals surface area (Å²) in [5.41, 5.74) is 5.02. The summed E-state index contributed by atoms with van der Waals surface area (Å²) >= 11 is 0. The zero-order valence-corrected chi connectivity index (χ0v) is 20.1. The number of hydrogen-bond donors (Lipinski definition) is 1. The molecule has 3 fully saturated rings. The average Bonchev–Trinajstić information content (AvgIpc) is 3.33. The van der Waals surface area contributed by atoms with E-state index < -0.39 is 0 Å². The van der Waals surface area contributed by atoms with Crippen LogP contribution in [0.3, 0.4) is 0 Å². The first-order valence-electron chi connectivity index (χ1n) is 12.8. The van der Waals surface area contributed by atoms with Crippen LogP contribution in [-0.2, 0) is 17.6 Å². The molecule has 1 aromatic carbocycles. The number of methoxy groups -OCH3 is 1. The molecule has 0 bridgehead atoms. The number of rotatable bonds is 9. The average molecular weight is 452 g/mol. The molecule has 6 heteroatoms. The molecule has 33 heavy (non-hydrogen) atoms. The van der Waals surface area contributed by atoms with Crippen LogP contribution in [0.2, 0.25) is 0 Å². The number of anilines is 1. The van der Waals surface area contributed by atoms with Gasteiger partial charge in [-0.3, -0.25) is 4.98 Å². The van der Waals surface area contributed by atoms with Crippen molar-refractivity contribution < 1.29 is 14.2 Å². The smallest absolute Gasteiger partial charge is 0.163 e. The maximum absolute atomic E-state index is 6.45. The third kappa shape index (κ3) is 4.28. The van der Waals surface area contributed by atoms with Gasteiger partial charge in [0.25, 0.3) is 0 Å². The fourth-order valence-corrected chi connectivity index (χ4v) is 5.80. The van der Waals surface area contributed by atoms with Gasteiger partial charge < -0.3 is 24.4 Å². The fourth-order valence-electron chi connectivity index (χ4n) is 5.80. The minimum Gasteiger partial charge on any atom is -0.493 e. The Morgan fingerprint density at radius 1 is 1.15 bits per heavy atom. The van der Waals surface area contributed by atoms with E-state index in [1.165, 1.54) is 55.7 Å². The number of nitrogens with one attached hydrogen (secondary N) is 1. The second kappa shape index (κ2) is 8.62. The molecule has 2 aliphatic heterocycles. The standard InChI is InChI=1S/C27H37N3O3/c1-18-9-20-22(10-18)29-23-12-25(24(31-2)11-21(23)26(20)28-13-19-5-6-19)33-17-27(15-32-16-27)14-30-7-3-4-8-30/h11-12,18-19H,3-10,13-17H2,1-2H3,(H,28,29). The van der Waals surface area contributed by atoms with Crippen LogP contribution in [0.4, 0.5) is 5.69 Å². The summed E-state index contributed by atoms with van der Waals surface area (Å²) < 4.78 is 17.9. The molecule has 3 heterocycles. The Balaban J connectivity index is 1.29. The van der Waals surface area contributed by atoms with E-state index in [1.807, 2.05) is 0 Å². The highest BCUT2D eigenvalue weighted by Gasteiger charge is 2.42. The van der Waals surface area contributed by atoms with E-state index in [4.69, 9.17) is 19.2 Å². The van der Waals surface area contributed by atoms with Gasteiger partial charge in [0.1, 0.15) is 0 Å². The zero-order chi connectivity index (χ0) is 22.4. The van der Waals surface area contributed by atoms with Crippen LogP contribution in [0, 0.1) is 17.3 Å². The van der Waals surface area contributed by atoms with Gasteiger partial charge in [0.2, 0.25) is 0 Å². The van der Waals surface area contributed by atoms with Crippen LogP contribution in [0.5, 0.6) is 11.5 Å². The topological polar surface area (TPSA) is 55.8 Å². The summed E-state index contributed by atoms with van der Waals surface area (Å²) in [5.74, 6) is 3.06. The van der Waals surface area contributed by atoms with Crippen LogP contribution in [-0.4, -0.2) is 63.0 Å². The quantitative estimate of drug-likeness (QED) is 0.614. The second-order valence-electron chi connectivity index (χ2n) is 11.0. The predicted molar refractivity (Wildman–Crippen MR) is 131 cm³/mol. The van der Waals surface area contributed by atoms with Crippen molar-refractivity contribution in [1.29, 1.82) is 0 Å². The third-order valence-corrected chi connectivity index (χ3v) is 7.92. The Labute approximate surface area is 197 Å². The van der Waals surface area contributed by atoms with Gasteiger partial charge in [-0.2, -0.15) is 0 Å².